The molecule has 1 amide bonds. The molecule has 3 rings (SSSR count). The number of ether oxygens (including phenoxy) is 1. The van der Waals surface area contributed by atoms with Crippen LogP contribution < -0.4 is 0 Å². The maximum absolute atomic E-state index is 14.2. The summed E-state index contributed by atoms with van der Waals surface area (Å²) in [4.78, 5) is 14.5. The number of hydrogen-bond acceptors (Lipinski definition) is 4. The minimum Gasteiger partial charge on any atom is -0.497 e. The topological polar surface area (TPSA) is 54.3 Å². The Morgan fingerprint density at radius 3 is 2.55 bits per heavy atom. The van der Waals surface area contributed by atoms with Gasteiger partial charge in [-0.25, -0.2) is 4.39 Å². The fourth-order valence-electron chi connectivity index (χ4n) is 3.06. The molecule has 0 N–H and O–H groups in total. The smallest absolute Gasteiger partial charge is 0.262 e. The molecule has 0 saturated heterocycles. The van der Waals surface area contributed by atoms with Crippen LogP contribution in [0.1, 0.15) is 47.7 Å². The molecule has 2 aromatic rings. The quantitative estimate of drug-likeness (QED) is 0.629. The summed E-state index contributed by atoms with van der Waals surface area (Å²) in [5.41, 5.74) is 2.60. The Labute approximate surface area is 170 Å². The van der Waals surface area contributed by atoms with Gasteiger partial charge in [0.1, 0.15) is 17.4 Å². The van der Waals surface area contributed by atoms with Gasteiger partial charge in [0, 0.05) is 12.1 Å². The van der Waals surface area contributed by atoms with E-state index in [9.17, 15) is 9.18 Å². The molecule has 1 aliphatic rings. The number of halogens is 1. The van der Waals surface area contributed by atoms with E-state index in [4.69, 9.17) is 4.74 Å². The first-order valence-corrected chi connectivity index (χ1v) is 9.58. The van der Waals surface area contributed by atoms with E-state index >= 15 is 0 Å². The molecule has 0 atom stereocenters. The van der Waals surface area contributed by atoms with Crippen molar-refractivity contribution in [3.8, 4) is 0 Å². The van der Waals surface area contributed by atoms with Crippen LogP contribution in [0.5, 0.6) is 0 Å². The zero-order chi connectivity index (χ0) is 20.8. The highest BCUT2D eigenvalue weighted by Gasteiger charge is 2.27. The maximum Gasteiger partial charge on any atom is 0.262 e. The van der Waals surface area contributed by atoms with Gasteiger partial charge in [-0.2, -0.15) is 5.10 Å². The summed E-state index contributed by atoms with van der Waals surface area (Å²) >= 11 is 0. The van der Waals surface area contributed by atoms with E-state index in [0.29, 0.717) is 24.6 Å². The summed E-state index contributed by atoms with van der Waals surface area (Å²) < 4.78 is 19.3. The van der Waals surface area contributed by atoms with Crippen LogP contribution in [0, 0.1) is 5.82 Å². The normalized spacial score (nSPS) is 12.9. The van der Waals surface area contributed by atoms with Gasteiger partial charge in [0.25, 0.3) is 5.91 Å². The Bertz CT molecular complexity index is 964. The number of methoxy groups -OCH3 is 1. The third-order valence-electron chi connectivity index (χ3n) is 4.79. The Morgan fingerprint density at radius 2 is 1.90 bits per heavy atom. The zero-order valence-corrected chi connectivity index (χ0v) is 16.7. The van der Waals surface area contributed by atoms with Crippen LogP contribution in [0.15, 0.2) is 65.3 Å². The van der Waals surface area contributed by atoms with E-state index in [1.54, 1.807) is 24.1 Å². The van der Waals surface area contributed by atoms with Crippen LogP contribution in [0.25, 0.3) is 5.76 Å². The van der Waals surface area contributed by atoms with Crippen molar-refractivity contribution in [3.05, 3.63) is 77.6 Å². The Hall–Kier alpha value is -3.28. The van der Waals surface area contributed by atoms with E-state index in [2.05, 4.69) is 16.8 Å². The summed E-state index contributed by atoms with van der Waals surface area (Å²) in [5, 5.41) is 8.51. The van der Waals surface area contributed by atoms with E-state index in [0.717, 1.165) is 29.7 Å². The van der Waals surface area contributed by atoms with Crippen molar-refractivity contribution in [3.63, 3.8) is 0 Å². The first kappa shape index (κ1) is 20.5. The number of amides is 1. The highest BCUT2D eigenvalue weighted by Crippen LogP contribution is 2.20. The second-order valence-electron chi connectivity index (χ2n) is 6.73. The lowest BCUT2D eigenvalue weighted by Gasteiger charge is -2.22. The second-order valence-corrected chi connectivity index (χ2v) is 6.73. The van der Waals surface area contributed by atoms with Gasteiger partial charge >= 0.3 is 0 Å². The monoisotopic (exact) mass is 393 g/mol. The standard InChI is InChI=1S/C23H24FN3O2/c1-4-5-14-27(23(28)19-8-6-7-9-20(19)24)22-15-21(25-26-22)18-12-10-17(11-13-18)16(2)29-3/h6-13H,2,4-5,14-15H2,1,3H3. The molecule has 0 unspecified atom stereocenters. The highest BCUT2D eigenvalue weighted by molar-refractivity contribution is 6.18. The lowest BCUT2D eigenvalue weighted by atomic mass is 10.0. The van der Waals surface area contributed by atoms with Crippen molar-refractivity contribution in [1.29, 1.82) is 0 Å². The van der Waals surface area contributed by atoms with Crippen LogP contribution in [0.3, 0.4) is 0 Å². The minimum absolute atomic E-state index is 0.0437. The predicted molar refractivity (Wildman–Crippen MR) is 113 cm³/mol. The lowest BCUT2D eigenvalue weighted by molar-refractivity contribution is 0.0840. The van der Waals surface area contributed by atoms with E-state index in [1.807, 2.05) is 31.2 Å². The molecule has 0 fully saturated rings. The first-order chi connectivity index (χ1) is 14.0. The molecule has 2 aromatic carbocycles. The summed E-state index contributed by atoms with van der Waals surface area (Å²) in [6.07, 6.45) is 2.11. The van der Waals surface area contributed by atoms with Crippen molar-refractivity contribution in [1.82, 2.24) is 4.90 Å². The first-order valence-electron chi connectivity index (χ1n) is 9.58. The molecule has 0 aromatic heterocycles. The SMILES string of the molecule is C=C(OC)c1ccc(C2=NN=C(N(CCCC)C(=O)c3ccccc3F)C2)cc1. The summed E-state index contributed by atoms with van der Waals surface area (Å²) in [6, 6.07) is 13.7. The van der Waals surface area contributed by atoms with Gasteiger partial charge in [0.2, 0.25) is 0 Å². The molecular formula is C23H24FN3O2. The van der Waals surface area contributed by atoms with Crippen molar-refractivity contribution in [2.24, 2.45) is 10.2 Å². The van der Waals surface area contributed by atoms with Crippen LogP contribution >= 0.6 is 0 Å². The number of amidine groups is 1. The molecule has 6 heteroatoms. The summed E-state index contributed by atoms with van der Waals surface area (Å²) in [5.74, 6) is 0.196. The number of benzene rings is 2. The van der Waals surface area contributed by atoms with Crippen molar-refractivity contribution < 1.29 is 13.9 Å². The van der Waals surface area contributed by atoms with Crippen LogP contribution in [-0.2, 0) is 4.74 Å². The molecule has 0 bridgehead atoms. The molecule has 1 heterocycles. The molecule has 0 aliphatic carbocycles. The Morgan fingerprint density at radius 1 is 1.17 bits per heavy atom. The molecule has 5 nitrogen and oxygen atoms in total. The van der Waals surface area contributed by atoms with E-state index in [1.165, 1.54) is 12.1 Å². The van der Waals surface area contributed by atoms with Crippen LogP contribution in [0.4, 0.5) is 4.39 Å². The number of unbranched alkanes of at least 4 members (excludes halogenated alkanes) is 1. The van der Waals surface area contributed by atoms with Gasteiger partial charge in [0.05, 0.1) is 24.8 Å². The predicted octanol–water partition coefficient (Wildman–Crippen LogP) is 4.89. The Balaban J connectivity index is 1.77. The van der Waals surface area contributed by atoms with Gasteiger partial charge in [-0.3, -0.25) is 9.69 Å². The summed E-state index contributed by atoms with van der Waals surface area (Å²) in [6.45, 7) is 6.35. The number of hydrogen-bond donors (Lipinski definition) is 0. The molecule has 0 saturated carbocycles. The average Bonchev–Trinajstić information content (AvgIpc) is 3.23. The third-order valence-corrected chi connectivity index (χ3v) is 4.79. The lowest BCUT2D eigenvalue weighted by Crippen LogP contribution is -2.38. The highest BCUT2D eigenvalue weighted by atomic mass is 19.1. The molecule has 0 radical (unpaired) electrons. The second kappa shape index (κ2) is 9.28. The van der Waals surface area contributed by atoms with Crippen molar-refractivity contribution in [2.75, 3.05) is 13.7 Å². The van der Waals surface area contributed by atoms with Gasteiger partial charge in [-0.15, -0.1) is 5.10 Å². The maximum atomic E-state index is 14.2. The third kappa shape index (κ3) is 4.59. The zero-order valence-electron chi connectivity index (χ0n) is 16.7. The molecule has 1 aliphatic heterocycles. The number of carbonyl (C=O) groups excluding carboxylic acids is 1. The fourth-order valence-corrected chi connectivity index (χ4v) is 3.06. The number of nitrogens with zero attached hydrogens (tertiary/aromatic N) is 3. The van der Waals surface area contributed by atoms with Gasteiger partial charge < -0.3 is 4.74 Å². The van der Waals surface area contributed by atoms with E-state index < -0.39 is 11.7 Å². The summed E-state index contributed by atoms with van der Waals surface area (Å²) in [7, 11) is 1.58. The van der Waals surface area contributed by atoms with E-state index in [-0.39, 0.29) is 5.56 Å². The van der Waals surface area contributed by atoms with Crippen molar-refractivity contribution >= 4 is 23.2 Å². The molecular weight excluding hydrogens is 369 g/mol. The largest absolute Gasteiger partial charge is 0.497 e. The van der Waals surface area contributed by atoms with Crippen molar-refractivity contribution in [2.45, 2.75) is 26.2 Å². The van der Waals surface area contributed by atoms with Gasteiger partial charge in [-0.1, -0.05) is 56.3 Å². The van der Waals surface area contributed by atoms with Crippen LogP contribution in [-0.4, -0.2) is 36.0 Å². The molecule has 0 spiro atoms. The number of rotatable bonds is 7. The van der Waals surface area contributed by atoms with Gasteiger partial charge in [0.15, 0.2) is 0 Å². The molecule has 29 heavy (non-hydrogen) atoms. The minimum atomic E-state index is -0.535. The molecule has 150 valence electrons. The Kier molecular flexibility index (Phi) is 6.54. The average molecular weight is 393 g/mol. The van der Waals surface area contributed by atoms with Crippen LogP contribution in [0.2, 0.25) is 0 Å². The fraction of sp³-hybridized carbons (Fsp3) is 0.261. The van der Waals surface area contributed by atoms with Gasteiger partial charge in [-0.05, 0) is 24.1 Å². The number of carbonyl (C=O) groups is 1.